The highest BCUT2D eigenvalue weighted by Gasteiger charge is 2.28. The number of nitrogens with one attached hydrogen (secondary N) is 1. The summed E-state index contributed by atoms with van der Waals surface area (Å²) in [4.78, 5) is 51.1. The quantitative estimate of drug-likeness (QED) is 0.428. The van der Waals surface area contributed by atoms with Crippen LogP contribution in [0.1, 0.15) is 21.5 Å². The third-order valence-electron chi connectivity index (χ3n) is 5.50. The van der Waals surface area contributed by atoms with Gasteiger partial charge in [0.2, 0.25) is 6.10 Å². The van der Waals surface area contributed by atoms with Crippen LogP contribution in [-0.4, -0.2) is 59.5 Å². The van der Waals surface area contributed by atoms with Gasteiger partial charge in [0, 0.05) is 19.0 Å². The lowest BCUT2D eigenvalue weighted by molar-refractivity contribution is -0.147. The molecular weight excluding hydrogens is 460 g/mol. The predicted octanol–water partition coefficient (Wildman–Crippen LogP) is 3.36. The number of aliphatic carboxylic acids is 1. The average molecular weight is 489 g/mol. The third kappa shape index (κ3) is 7.80. The summed E-state index contributed by atoms with van der Waals surface area (Å²) in [6, 6.07) is 25.6. The number of benzene rings is 3. The second-order valence-corrected chi connectivity index (χ2v) is 8.30. The molecule has 0 aliphatic carbocycles. The van der Waals surface area contributed by atoms with Gasteiger partial charge < -0.3 is 20.1 Å². The Hall–Kier alpha value is -4.46. The molecule has 0 aromatic heterocycles. The van der Waals surface area contributed by atoms with Crippen molar-refractivity contribution in [3.05, 3.63) is 108 Å². The molecule has 2 amide bonds. The minimum Gasteiger partial charge on any atom is -0.478 e. The Kier molecular flexibility index (Phi) is 9.33. The van der Waals surface area contributed by atoms with Crippen LogP contribution in [0.15, 0.2) is 91.0 Å². The van der Waals surface area contributed by atoms with E-state index in [1.54, 1.807) is 60.7 Å². The van der Waals surface area contributed by atoms with Crippen LogP contribution in [0.4, 0.5) is 4.79 Å². The summed E-state index contributed by atoms with van der Waals surface area (Å²) < 4.78 is 5.17. The second-order valence-electron chi connectivity index (χ2n) is 8.30. The molecule has 3 aromatic carbocycles. The van der Waals surface area contributed by atoms with Gasteiger partial charge in [-0.15, -0.1) is 0 Å². The number of rotatable bonds is 11. The monoisotopic (exact) mass is 488 g/mol. The van der Waals surface area contributed by atoms with Gasteiger partial charge in [-0.2, -0.15) is 0 Å². The van der Waals surface area contributed by atoms with Crippen molar-refractivity contribution in [2.45, 2.75) is 25.0 Å². The molecule has 0 spiro atoms. The topological polar surface area (TPSA) is 113 Å². The van der Waals surface area contributed by atoms with Crippen molar-refractivity contribution >= 4 is 23.8 Å². The number of carboxylic acids is 1. The summed E-state index contributed by atoms with van der Waals surface area (Å²) in [6.07, 6.45) is -2.13. The van der Waals surface area contributed by atoms with Gasteiger partial charge in [-0.1, -0.05) is 78.9 Å². The number of carbonyl (C=O) groups is 4. The first-order valence-electron chi connectivity index (χ1n) is 11.4. The molecule has 2 N–H and O–H groups in total. The van der Waals surface area contributed by atoms with Crippen LogP contribution in [-0.2, 0) is 27.2 Å². The lowest BCUT2D eigenvalue weighted by Crippen LogP contribution is -2.47. The fourth-order valence-corrected chi connectivity index (χ4v) is 3.55. The number of hydrogen-bond acceptors (Lipinski definition) is 5. The maximum atomic E-state index is 13.2. The molecule has 0 saturated heterocycles. The Bertz CT molecular complexity index is 1170. The van der Waals surface area contributed by atoms with E-state index in [0.29, 0.717) is 11.1 Å². The Morgan fingerprint density at radius 2 is 1.31 bits per heavy atom. The number of nitrogens with zero attached hydrogens (tertiary/aromatic N) is 1. The number of ether oxygens (including phenoxy) is 1. The molecule has 2 atom stereocenters. The molecule has 0 fully saturated rings. The second kappa shape index (κ2) is 12.9. The highest BCUT2D eigenvalue weighted by Crippen LogP contribution is 2.10. The predicted molar refractivity (Wildman–Crippen MR) is 134 cm³/mol. The van der Waals surface area contributed by atoms with Crippen molar-refractivity contribution in [2.24, 2.45) is 0 Å². The zero-order chi connectivity index (χ0) is 25.9. The number of amides is 2. The zero-order valence-electron chi connectivity index (χ0n) is 19.9. The normalized spacial score (nSPS) is 12.1. The van der Waals surface area contributed by atoms with Gasteiger partial charge in [0.05, 0.1) is 12.6 Å². The summed E-state index contributed by atoms with van der Waals surface area (Å²) in [5, 5.41) is 12.3. The maximum absolute atomic E-state index is 13.2. The van der Waals surface area contributed by atoms with Crippen molar-refractivity contribution in [3.8, 4) is 0 Å². The van der Waals surface area contributed by atoms with Crippen molar-refractivity contribution in [1.29, 1.82) is 0 Å². The Labute approximate surface area is 209 Å². The van der Waals surface area contributed by atoms with Crippen molar-refractivity contribution in [1.82, 2.24) is 10.2 Å². The van der Waals surface area contributed by atoms with Gasteiger partial charge in [0.25, 0.3) is 5.91 Å². The van der Waals surface area contributed by atoms with Gasteiger partial charge in [-0.3, -0.25) is 9.59 Å². The van der Waals surface area contributed by atoms with E-state index in [1.807, 2.05) is 30.3 Å². The van der Waals surface area contributed by atoms with E-state index >= 15 is 0 Å². The molecule has 0 heterocycles. The molecule has 2 unspecified atom stereocenters. The molecule has 0 bridgehead atoms. The number of carbonyl (C=O) groups excluding carboxylic acids is 3. The summed E-state index contributed by atoms with van der Waals surface area (Å²) in [6.45, 7) is -0.372. The number of carboxylic acid groups (broad SMARTS) is 1. The molecule has 0 aliphatic rings. The number of ketones is 1. The van der Waals surface area contributed by atoms with E-state index < -0.39 is 35.9 Å². The number of likely N-dealkylation sites (N-methyl/N-ethyl adjacent to an activating group) is 1. The van der Waals surface area contributed by atoms with E-state index in [2.05, 4.69) is 5.32 Å². The Balaban J connectivity index is 1.67. The highest BCUT2D eigenvalue weighted by atomic mass is 16.6. The first-order valence-corrected chi connectivity index (χ1v) is 11.4. The van der Waals surface area contributed by atoms with Crippen LogP contribution in [0.5, 0.6) is 0 Å². The molecule has 3 rings (SSSR count). The smallest absolute Gasteiger partial charge is 0.410 e. The first-order chi connectivity index (χ1) is 17.3. The fraction of sp³-hybridized carbons (Fsp3) is 0.214. The van der Waals surface area contributed by atoms with Gasteiger partial charge >= 0.3 is 12.1 Å². The van der Waals surface area contributed by atoms with Crippen LogP contribution < -0.4 is 5.32 Å². The van der Waals surface area contributed by atoms with Crippen molar-refractivity contribution in [2.75, 3.05) is 13.6 Å². The molecule has 3 aromatic rings. The van der Waals surface area contributed by atoms with Crippen molar-refractivity contribution in [3.63, 3.8) is 0 Å². The number of hydrogen-bond donors (Lipinski definition) is 2. The summed E-state index contributed by atoms with van der Waals surface area (Å²) in [5.74, 6) is -2.12. The summed E-state index contributed by atoms with van der Waals surface area (Å²) in [5.41, 5.74) is 1.94. The van der Waals surface area contributed by atoms with Gasteiger partial charge in [-0.05, 0) is 29.7 Å². The molecule has 8 nitrogen and oxygen atoms in total. The average Bonchev–Trinajstić information content (AvgIpc) is 2.89. The number of Topliss-reactive ketones (excluding diaryl/α,β-unsaturated/α-hetero) is 1. The molecular formula is C28H28N2O6. The molecule has 186 valence electrons. The van der Waals surface area contributed by atoms with E-state index in [-0.39, 0.29) is 19.4 Å². The standard InChI is InChI=1S/C28H28N2O6/c1-30(28(35)36-25(27(33)34)18-21-13-7-3-8-14-21)19-24(31)23(17-20-11-5-2-6-12-20)29-26(32)22-15-9-4-10-16-22/h2-16,23,25H,17-19H2,1H3,(H,29,32)(H,33,34). The van der Waals surface area contributed by atoms with E-state index in [1.165, 1.54) is 7.05 Å². The largest absolute Gasteiger partial charge is 0.478 e. The minimum absolute atomic E-state index is 0.00648. The zero-order valence-corrected chi connectivity index (χ0v) is 19.9. The summed E-state index contributed by atoms with van der Waals surface area (Å²) >= 11 is 0. The van der Waals surface area contributed by atoms with E-state index in [4.69, 9.17) is 4.74 Å². The summed E-state index contributed by atoms with van der Waals surface area (Å²) in [7, 11) is 1.35. The minimum atomic E-state index is -1.41. The van der Waals surface area contributed by atoms with E-state index in [9.17, 15) is 24.3 Å². The molecule has 8 heteroatoms. The first kappa shape index (κ1) is 26.2. The van der Waals surface area contributed by atoms with Crippen LogP contribution >= 0.6 is 0 Å². The third-order valence-corrected chi connectivity index (χ3v) is 5.50. The maximum Gasteiger partial charge on any atom is 0.410 e. The van der Waals surface area contributed by atoms with Gasteiger partial charge in [0.1, 0.15) is 0 Å². The molecule has 0 saturated carbocycles. The SMILES string of the molecule is CN(CC(=O)C(Cc1ccccc1)NC(=O)c1ccccc1)C(=O)OC(Cc1ccccc1)C(=O)O. The highest BCUT2D eigenvalue weighted by molar-refractivity contribution is 5.98. The van der Waals surface area contributed by atoms with Crippen LogP contribution in [0.2, 0.25) is 0 Å². The van der Waals surface area contributed by atoms with E-state index in [0.717, 1.165) is 10.5 Å². The molecule has 0 radical (unpaired) electrons. The van der Waals surface area contributed by atoms with Crippen LogP contribution in [0.25, 0.3) is 0 Å². The lowest BCUT2D eigenvalue weighted by atomic mass is 10.0. The molecule has 36 heavy (non-hydrogen) atoms. The lowest BCUT2D eigenvalue weighted by Gasteiger charge is -2.23. The van der Waals surface area contributed by atoms with Gasteiger partial charge in [-0.25, -0.2) is 9.59 Å². The van der Waals surface area contributed by atoms with Crippen LogP contribution in [0.3, 0.4) is 0 Å². The fourth-order valence-electron chi connectivity index (χ4n) is 3.55. The molecule has 0 aliphatic heterocycles. The Morgan fingerprint density at radius 1 is 0.806 bits per heavy atom. The Morgan fingerprint density at radius 3 is 1.83 bits per heavy atom. The van der Waals surface area contributed by atoms with Crippen molar-refractivity contribution < 1.29 is 29.0 Å². The van der Waals surface area contributed by atoms with Gasteiger partial charge in [0.15, 0.2) is 5.78 Å². The van der Waals surface area contributed by atoms with Crippen LogP contribution in [0, 0.1) is 0 Å².